The van der Waals surface area contributed by atoms with Crippen molar-refractivity contribution in [3.8, 4) is 0 Å². The molecule has 2 aromatic heterocycles. The Morgan fingerprint density at radius 1 is 1.19 bits per heavy atom. The number of benzene rings is 1. The van der Waals surface area contributed by atoms with E-state index in [-0.39, 0.29) is 11.7 Å². The second-order valence-electron chi connectivity index (χ2n) is 4.86. The van der Waals surface area contributed by atoms with E-state index in [1.165, 1.54) is 0 Å². The Balaban J connectivity index is 1.87. The summed E-state index contributed by atoms with van der Waals surface area (Å²) in [6.45, 7) is 3.79. The van der Waals surface area contributed by atoms with Crippen LogP contribution in [0.3, 0.4) is 0 Å². The van der Waals surface area contributed by atoms with E-state index in [4.69, 9.17) is 16.0 Å². The molecule has 5 heteroatoms. The number of hydrogen-bond donors (Lipinski definition) is 1. The topological polar surface area (TPSA) is 55.1 Å². The first-order valence-electron chi connectivity index (χ1n) is 6.47. The Bertz CT molecular complexity index is 839. The van der Waals surface area contributed by atoms with E-state index in [0.717, 1.165) is 11.3 Å². The molecule has 4 nitrogen and oxygen atoms in total. The second-order valence-corrected chi connectivity index (χ2v) is 5.27. The summed E-state index contributed by atoms with van der Waals surface area (Å²) in [7, 11) is 0. The van der Waals surface area contributed by atoms with Crippen LogP contribution in [-0.2, 0) is 0 Å². The molecule has 21 heavy (non-hydrogen) atoms. The summed E-state index contributed by atoms with van der Waals surface area (Å²) >= 11 is 6.04. The van der Waals surface area contributed by atoms with E-state index in [0.29, 0.717) is 21.8 Å². The van der Waals surface area contributed by atoms with Crippen molar-refractivity contribution in [1.29, 1.82) is 0 Å². The van der Waals surface area contributed by atoms with Gasteiger partial charge in [0.05, 0.1) is 0 Å². The van der Waals surface area contributed by atoms with Crippen molar-refractivity contribution in [3.05, 3.63) is 58.4 Å². The maximum absolute atomic E-state index is 12.2. The molecule has 2 heterocycles. The van der Waals surface area contributed by atoms with Gasteiger partial charge in [-0.1, -0.05) is 17.7 Å². The maximum Gasteiger partial charge on any atom is 0.291 e. The highest BCUT2D eigenvalue weighted by atomic mass is 35.5. The SMILES string of the molecule is Cc1ccc2oc(C(=O)Nc3ccc(C)c(Cl)c3)cc2n1. The van der Waals surface area contributed by atoms with Gasteiger partial charge in [-0.15, -0.1) is 0 Å². The molecule has 3 rings (SSSR count). The number of carbonyl (C=O) groups excluding carboxylic acids is 1. The summed E-state index contributed by atoms with van der Waals surface area (Å²) < 4.78 is 5.50. The molecular formula is C16H13ClN2O2. The predicted octanol–water partition coefficient (Wildman–Crippen LogP) is 4.35. The summed E-state index contributed by atoms with van der Waals surface area (Å²) in [4.78, 5) is 16.5. The van der Waals surface area contributed by atoms with Crippen molar-refractivity contribution < 1.29 is 9.21 Å². The zero-order chi connectivity index (χ0) is 15.0. The normalized spacial score (nSPS) is 10.8. The first-order valence-corrected chi connectivity index (χ1v) is 6.85. The number of aryl methyl sites for hydroxylation is 2. The molecule has 0 unspecified atom stereocenters. The number of rotatable bonds is 2. The number of anilines is 1. The minimum atomic E-state index is -0.328. The third kappa shape index (κ3) is 2.76. The number of halogens is 1. The van der Waals surface area contributed by atoms with E-state index in [2.05, 4.69) is 10.3 Å². The zero-order valence-electron chi connectivity index (χ0n) is 11.6. The van der Waals surface area contributed by atoms with Gasteiger partial charge in [0.1, 0.15) is 5.52 Å². The molecule has 0 bridgehead atoms. The summed E-state index contributed by atoms with van der Waals surface area (Å²) in [5, 5.41) is 3.36. The number of nitrogens with one attached hydrogen (secondary N) is 1. The fourth-order valence-corrected chi connectivity index (χ4v) is 2.18. The average Bonchev–Trinajstić information content (AvgIpc) is 2.86. The molecule has 0 spiro atoms. The number of furan rings is 1. The highest BCUT2D eigenvalue weighted by Gasteiger charge is 2.13. The van der Waals surface area contributed by atoms with Gasteiger partial charge >= 0.3 is 0 Å². The molecular weight excluding hydrogens is 288 g/mol. The van der Waals surface area contributed by atoms with E-state index in [1.807, 2.05) is 26.0 Å². The number of fused-ring (bicyclic) bond motifs is 1. The quantitative estimate of drug-likeness (QED) is 0.765. The fourth-order valence-electron chi connectivity index (χ4n) is 2.00. The van der Waals surface area contributed by atoms with Crippen molar-refractivity contribution >= 4 is 34.3 Å². The van der Waals surface area contributed by atoms with Crippen LogP contribution in [0.2, 0.25) is 5.02 Å². The third-order valence-corrected chi connectivity index (χ3v) is 3.57. The van der Waals surface area contributed by atoms with Crippen LogP contribution < -0.4 is 5.32 Å². The summed E-state index contributed by atoms with van der Waals surface area (Å²) in [5.41, 5.74) is 3.72. The van der Waals surface area contributed by atoms with Crippen molar-refractivity contribution in [1.82, 2.24) is 4.98 Å². The second kappa shape index (κ2) is 5.22. The Kier molecular flexibility index (Phi) is 3.39. The van der Waals surface area contributed by atoms with Crippen LogP contribution in [0.4, 0.5) is 5.69 Å². The monoisotopic (exact) mass is 300 g/mol. The lowest BCUT2D eigenvalue weighted by Gasteiger charge is -2.04. The summed E-state index contributed by atoms with van der Waals surface area (Å²) in [6, 6.07) is 10.6. The first kappa shape index (κ1) is 13.6. The highest BCUT2D eigenvalue weighted by molar-refractivity contribution is 6.31. The lowest BCUT2D eigenvalue weighted by molar-refractivity contribution is 0.0998. The van der Waals surface area contributed by atoms with Gasteiger partial charge < -0.3 is 9.73 Å². The molecule has 0 aliphatic rings. The van der Waals surface area contributed by atoms with E-state index < -0.39 is 0 Å². The van der Waals surface area contributed by atoms with Gasteiger partial charge in [0.15, 0.2) is 11.3 Å². The number of aromatic nitrogens is 1. The molecule has 1 amide bonds. The minimum Gasteiger partial charge on any atom is -0.449 e. The lowest BCUT2D eigenvalue weighted by Crippen LogP contribution is -2.10. The molecule has 0 fully saturated rings. The van der Waals surface area contributed by atoms with Gasteiger partial charge in [-0.3, -0.25) is 4.79 Å². The van der Waals surface area contributed by atoms with Crippen LogP contribution in [0.5, 0.6) is 0 Å². The zero-order valence-corrected chi connectivity index (χ0v) is 12.4. The van der Waals surface area contributed by atoms with Crippen LogP contribution in [0.15, 0.2) is 40.8 Å². The Hall–Kier alpha value is -2.33. The van der Waals surface area contributed by atoms with E-state index >= 15 is 0 Å². The molecule has 0 saturated heterocycles. The third-order valence-electron chi connectivity index (χ3n) is 3.17. The van der Waals surface area contributed by atoms with Gasteiger partial charge in [-0.25, -0.2) is 4.98 Å². The number of nitrogens with zero attached hydrogens (tertiary/aromatic N) is 1. The molecule has 3 aromatic rings. The lowest BCUT2D eigenvalue weighted by atomic mass is 10.2. The molecule has 106 valence electrons. The number of carbonyl (C=O) groups is 1. The van der Waals surface area contributed by atoms with Gasteiger partial charge in [0, 0.05) is 22.5 Å². The Morgan fingerprint density at radius 3 is 2.76 bits per heavy atom. The molecule has 0 radical (unpaired) electrons. The molecule has 1 N–H and O–H groups in total. The van der Waals surface area contributed by atoms with Crippen molar-refractivity contribution in [2.75, 3.05) is 5.32 Å². The van der Waals surface area contributed by atoms with Crippen LogP contribution in [0.25, 0.3) is 11.1 Å². The fraction of sp³-hybridized carbons (Fsp3) is 0.125. The van der Waals surface area contributed by atoms with Crippen LogP contribution in [0, 0.1) is 13.8 Å². The standard InChI is InChI=1S/C16H13ClN2O2/c1-9-3-5-11(7-12(9)17)19-16(20)15-8-13-14(21-15)6-4-10(2)18-13/h3-8H,1-2H3,(H,19,20). The van der Waals surface area contributed by atoms with Gasteiger partial charge in [-0.05, 0) is 43.7 Å². The number of hydrogen-bond acceptors (Lipinski definition) is 3. The smallest absolute Gasteiger partial charge is 0.291 e. The Morgan fingerprint density at radius 2 is 2.00 bits per heavy atom. The van der Waals surface area contributed by atoms with E-state index in [1.54, 1.807) is 24.3 Å². The number of amides is 1. The predicted molar refractivity (Wildman–Crippen MR) is 82.9 cm³/mol. The van der Waals surface area contributed by atoms with E-state index in [9.17, 15) is 4.79 Å². The highest BCUT2D eigenvalue weighted by Crippen LogP contribution is 2.22. The first-order chi connectivity index (χ1) is 10.0. The average molecular weight is 301 g/mol. The van der Waals surface area contributed by atoms with Crippen LogP contribution >= 0.6 is 11.6 Å². The molecule has 0 aliphatic carbocycles. The number of pyridine rings is 1. The van der Waals surface area contributed by atoms with Crippen LogP contribution in [0.1, 0.15) is 21.8 Å². The molecule has 1 aromatic carbocycles. The summed E-state index contributed by atoms with van der Waals surface area (Å²) in [5.74, 6) is -0.106. The summed E-state index contributed by atoms with van der Waals surface area (Å²) in [6.07, 6.45) is 0. The largest absolute Gasteiger partial charge is 0.449 e. The van der Waals surface area contributed by atoms with Crippen LogP contribution in [-0.4, -0.2) is 10.9 Å². The van der Waals surface area contributed by atoms with Gasteiger partial charge in [-0.2, -0.15) is 0 Å². The molecule has 0 aliphatic heterocycles. The van der Waals surface area contributed by atoms with Crippen molar-refractivity contribution in [2.24, 2.45) is 0 Å². The maximum atomic E-state index is 12.2. The van der Waals surface area contributed by atoms with Crippen molar-refractivity contribution in [3.63, 3.8) is 0 Å². The minimum absolute atomic E-state index is 0.222. The molecule has 0 atom stereocenters. The van der Waals surface area contributed by atoms with Gasteiger partial charge in [0.2, 0.25) is 0 Å². The van der Waals surface area contributed by atoms with Crippen molar-refractivity contribution in [2.45, 2.75) is 13.8 Å². The van der Waals surface area contributed by atoms with Gasteiger partial charge in [0.25, 0.3) is 5.91 Å². The molecule has 0 saturated carbocycles. The Labute approximate surface area is 126 Å².